The molecule has 16 heavy (non-hydrogen) atoms. The number of hydrogen-bond donors (Lipinski definition) is 2. The molecule has 3 N–H and O–H groups in total. The molecule has 0 spiro atoms. The Labute approximate surface area is 95.0 Å². The van der Waals surface area contributed by atoms with Crippen molar-refractivity contribution in [1.82, 2.24) is 10.3 Å². The zero-order chi connectivity index (χ0) is 12.1. The molecule has 0 radical (unpaired) electrons. The van der Waals surface area contributed by atoms with Crippen molar-refractivity contribution in [2.45, 2.75) is 26.9 Å². The predicted octanol–water partition coefficient (Wildman–Crippen LogP) is 0.876. The zero-order valence-electron chi connectivity index (χ0n) is 9.78. The van der Waals surface area contributed by atoms with Crippen molar-refractivity contribution >= 4 is 11.7 Å². The number of ether oxygens (including phenoxy) is 1. The van der Waals surface area contributed by atoms with Gasteiger partial charge in [0, 0.05) is 12.2 Å². The summed E-state index contributed by atoms with van der Waals surface area (Å²) in [4.78, 5) is 15.5. The number of anilines is 1. The highest BCUT2D eigenvalue weighted by Gasteiger charge is 2.15. The largest absolute Gasteiger partial charge is 0.477 e. The molecule has 0 saturated heterocycles. The number of rotatable bonds is 4. The fraction of sp³-hybridized carbons (Fsp3) is 0.455. The summed E-state index contributed by atoms with van der Waals surface area (Å²) in [5.74, 6) is 0.572. The van der Waals surface area contributed by atoms with Crippen LogP contribution in [0.5, 0.6) is 5.75 Å². The molecule has 1 heterocycles. The molecule has 0 aliphatic rings. The Morgan fingerprint density at radius 2 is 2.31 bits per heavy atom. The van der Waals surface area contributed by atoms with E-state index in [0.717, 1.165) is 5.69 Å². The fourth-order valence-electron chi connectivity index (χ4n) is 1.23. The first-order chi connectivity index (χ1) is 7.54. The van der Waals surface area contributed by atoms with Gasteiger partial charge in [0.15, 0.2) is 17.7 Å². The van der Waals surface area contributed by atoms with E-state index in [-0.39, 0.29) is 5.91 Å². The average molecular weight is 223 g/mol. The van der Waals surface area contributed by atoms with Gasteiger partial charge in [0.2, 0.25) is 0 Å². The molecule has 1 rings (SSSR count). The van der Waals surface area contributed by atoms with Gasteiger partial charge in [-0.2, -0.15) is 0 Å². The van der Waals surface area contributed by atoms with Crippen LogP contribution in [0.1, 0.15) is 19.5 Å². The average Bonchev–Trinajstić information content (AvgIpc) is 2.22. The van der Waals surface area contributed by atoms with E-state index >= 15 is 0 Å². The van der Waals surface area contributed by atoms with Crippen LogP contribution >= 0.6 is 0 Å². The van der Waals surface area contributed by atoms with Gasteiger partial charge in [-0.3, -0.25) is 4.79 Å². The molecule has 0 aliphatic heterocycles. The van der Waals surface area contributed by atoms with Crippen LogP contribution in [-0.4, -0.2) is 23.5 Å². The monoisotopic (exact) mass is 223 g/mol. The normalized spacial score (nSPS) is 11.9. The first-order valence-corrected chi connectivity index (χ1v) is 5.22. The van der Waals surface area contributed by atoms with Crippen molar-refractivity contribution in [2.24, 2.45) is 0 Å². The number of hydrogen-bond acceptors (Lipinski definition) is 4. The van der Waals surface area contributed by atoms with Gasteiger partial charge in [0.1, 0.15) is 0 Å². The van der Waals surface area contributed by atoms with Crippen molar-refractivity contribution in [3.05, 3.63) is 17.8 Å². The van der Waals surface area contributed by atoms with Gasteiger partial charge in [-0.1, -0.05) is 0 Å². The highest BCUT2D eigenvalue weighted by molar-refractivity contribution is 5.80. The van der Waals surface area contributed by atoms with Gasteiger partial charge in [-0.25, -0.2) is 4.98 Å². The maximum atomic E-state index is 11.4. The van der Waals surface area contributed by atoms with E-state index in [1.165, 1.54) is 0 Å². The SMILES string of the molecule is CCNC(=O)C(C)Oc1ccc(C)nc1N. The topological polar surface area (TPSA) is 77.2 Å². The molecule has 0 fully saturated rings. The van der Waals surface area contributed by atoms with Crippen molar-refractivity contribution in [3.63, 3.8) is 0 Å². The molecule has 0 aliphatic carbocycles. The number of pyridine rings is 1. The maximum absolute atomic E-state index is 11.4. The van der Waals surface area contributed by atoms with Gasteiger partial charge in [0.05, 0.1) is 0 Å². The minimum atomic E-state index is -0.577. The van der Waals surface area contributed by atoms with Crippen LogP contribution in [-0.2, 0) is 4.79 Å². The van der Waals surface area contributed by atoms with Gasteiger partial charge in [-0.05, 0) is 32.9 Å². The lowest BCUT2D eigenvalue weighted by Gasteiger charge is -2.15. The molecule has 88 valence electrons. The lowest BCUT2D eigenvalue weighted by atomic mass is 10.3. The fourth-order valence-corrected chi connectivity index (χ4v) is 1.23. The molecule has 5 heteroatoms. The van der Waals surface area contributed by atoms with Crippen LogP contribution in [0.3, 0.4) is 0 Å². The number of likely N-dealkylation sites (N-methyl/N-ethyl adjacent to an activating group) is 1. The Morgan fingerprint density at radius 1 is 1.62 bits per heavy atom. The molecule has 1 aromatic rings. The number of carbonyl (C=O) groups excluding carboxylic acids is 1. The van der Waals surface area contributed by atoms with Crippen LogP contribution < -0.4 is 15.8 Å². The zero-order valence-corrected chi connectivity index (χ0v) is 9.78. The molecular weight excluding hydrogens is 206 g/mol. The second kappa shape index (κ2) is 5.34. The Kier molecular flexibility index (Phi) is 4.10. The summed E-state index contributed by atoms with van der Waals surface area (Å²) in [7, 11) is 0. The van der Waals surface area contributed by atoms with Crippen LogP contribution in [0.15, 0.2) is 12.1 Å². The minimum absolute atomic E-state index is 0.164. The van der Waals surface area contributed by atoms with Gasteiger partial charge >= 0.3 is 0 Å². The summed E-state index contributed by atoms with van der Waals surface area (Å²) in [6.07, 6.45) is -0.577. The lowest BCUT2D eigenvalue weighted by Crippen LogP contribution is -2.36. The highest BCUT2D eigenvalue weighted by Crippen LogP contribution is 2.20. The number of nitrogen functional groups attached to an aromatic ring is 1. The van der Waals surface area contributed by atoms with Crippen molar-refractivity contribution in [1.29, 1.82) is 0 Å². The van der Waals surface area contributed by atoms with Gasteiger partial charge < -0.3 is 15.8 Å². The highest BCUT2D eigenvalue weighted by atomic mass is 16.5. The molecule has 1 aromatic heterocycles. The smallest absolute Gasteiger partial charge is 0.260 e. The summed E-state index contributed by atoms with van der Waals surface area (Å²) in [6, 6.07) is 3.50. The van der Waals surface area contributed by atoms with E-state index < -0.39 is 6.10 Å². The summed E-state index contributed by atoms with van der Waals surface area (Å²) < 4.78 is 5.41. The van der Waals surface area contributed by atoms with Crippen LogP contribution in [0.4, 0.5) is 5.82 Å². The molecule has 1 unspecified atom stereocenters. The molecule has 1 amide bonds. The second-order valence-electron chi connectivity index (χ2n) is 3.49. The van der Waals surface area contributed by atoms with E-state index in [1.807, 2.05) is 13.8 Å². The number of nitrogens with zero attached hydrogens (tertiary/aromatic N) is 1. The molecular formula is C11H17N3O2. The lowest BCUT2D eigenvalue weighted by molar-refractivity contribution is -0.127. The first kappa shape index (κ1) is 12.3. The summed E-state index contributed by atoms with van der Waals surface area (Å²) in [5.41, 5.74) is 6.49. The number of carbonyl (C=O) groups is 1. The van der Waals surface area contributed by atoms with Crippen molar-refractivity contribution in [2.75, 3.05) is 12.3 Å². The number of amides is 1. The third-order valence-corrected chi connectivity index (χ3v) is 2.05. The van der Waals surface area contributed by atoms with Crippen molar-refractivity contribution < 1.29 is 9.53 Å². The van der Waals surface area contributed by atoms with E-state index in [2.05, 4.69) is 10.3 Å². The van der Waals surface area contributed by atoms with E-state index in [1.54, 1.807) is 19.1 Å². The van der Waals surface area contributed by atoms with Crippen LogP contribution in [0, 0.1) is 6.92 Å². The summed E-state index contributed by atoms with van der Waals surface area (Å²) in [6.45, 7) is 5.94. The molecule has 1 atom stereocenters. The summed E-state index contributed by atoms with van der Waals surface area (Å²) in [5, 5.41) is 2.67. The number of nitrogens with one attached hydrogen (secondary N) is 1. The first-order valence-electron chi connectivity index (χ1n) is 5.22. The maximum Gasteiger partial charge on any atom is 0.260 e. The van der Waals surface area contributed by atoms with E-state index in [0.29, 0.717) is 18.1 Å². The Bertz CT molecular complexity index is 379. The van der Waals surface area contributed by atoms with Gasteiger partial charge in [-0.15, -0.1) is 0 Å². The third-order valence-electron chi connectivity index (χ3n) is 2.05. The van der Waals surface area contributed by atoms with Crippen LogP contribution in [0.2, 0.25) is 0 Å². The molecule has 5 nitrogen and oxygen atoms in total. The Balaban J connectivity index is 2.69. The third kappa shape index (κ3) is 3.12. The van der Waals surface area contributed by atoms with Gasteiger partial charge in [0.25, 0.3) is 5.91 Å². The number of aromatic nitrogens is 1. The van der Waals surface area contributed by atoms with E-state index in [4.69, 9.17) is 10.5 Å². The Hall–Kier alpha value is -1.78. The van der Waals surface area contributed by atoms with Crippen LogP contribution in [0.25, 0.3) is 0 Å². The molecule has 0 saturated carbocycles. The minimum Gasteiger partial charge on any atom is -0.477 e. The molecule has 0 aromatic carbocycles. The quantitative estimate of drug-likeness (QED) is 0.794. The Morgan fingerprint density at radius 3 is 2.88 bits per heavy atom. The summed E-state index contributed by atoms with van der Waals surface area (Å²) >= 11 is 0. The molecule has 0 bridgehead atoms. The number of nitrogens with two attached hydrogens (primary N) is 1. The standard InChI is InChI=1S/C11H17N3O2/c1-4-13-11(15)8(3)16-9-6-5-7(2)14-10(9)12/h5-6,8H,4H2,1-3H3,(H2,12,14)(H,13,15). The predicted molar refractivity (Wildman–Crippen MR) is 62.2 cm³/mol. The van der Waals surface area contributed by atoms with E-state index in [9.17, 15) is 4.79 Å². The second-order valence-corrected chi connectivity index (χ2v) is 3.49. The van der Waals surface area contributed by atoms with Crippen molar-refractivity contribution in [3.8, 4) is 5.75 Å². The number of aryl methyl sites for hydroxylation is 1.